The Balaban J connectivity index is 2.34. The number of hydrogen-bond acceptors (Lipinski definition) is 4. The number of amides is 1. The summed E-state index contributed by atoms with van der Waals surface area (Å²) in [6, 6.07) is 0. The van der Waals surface area contributed by atoms with Gasteiger partial charge in [-0.1, -0.05) is 13.3 Å². The Bertz CT molecular complexity index is 285. The molecule has 84 valence electrons. The molecule has 15 heavy (non-hydrogen) atoms. The Hall–Kier alpha value is -1.43. The zero-order chi connectivity index (χ0) is 11.1. The number of rotatable bonds is 6. The Morgan fingerprint density at radius 3 is 3.07 bits per heavy atom. The number of hydrogen-bond donors (Lipinski definition) is 3. The summed E-state index contributed by atoms with van der Waals surface area (Å²) in [6.07, 6.45) is 3.18. The minimum absolute atomic E-state index is 0.0178. The lowest BCUT2D eigenvalue weighted by Crippen LogP contribution is -2.34. The maximum absolute atomic E-state index is 11.6. The standard InChI is InChI=1S/C9H17N5O/c1-2-3-7(4-10)9(15)11-5-8-12-6-13-14-8/h6-7H,2-5,10H2,1H3,(H,11,15)(H,12,13,14). The van der Waals surface area contributed by atoms with Crippen molar-refractivity contribution >= 4 is 5.91 Å². The molecule has 0 saturated carbocycles. The van der Waals surface area contributed by atoms with Crippen LogP contribution in [0.3, 0.4) is 0 Å². The van der Waals surface area contributed by atoms with Crippen molar-refractivity contribution < 1.29 is 4.79 Å². The number of nitrogens with one attached hydrogen (secondary N) is 2. The van der Waals surface area contributed by atoms with Crippen molar-refractivity contribution in [3.63, 3.8) is 0 Å². The molecule has 6 heteroatoms. The van der Waals surface area contributed by atoms with Crippen molar-refractivity contribution in [2.75, 3.05) is 6.54 Å². The fourth-order valence-electron chi connectivity index (χ4n) is 1.34. The van der Waals surface area contributed by atoms with Crippen LogP contribution >= 0.6 is 0 Å². The molecule has 1 atom stereocenters. The number of aromatic nitrogens is 3. The lowest BCUT2D eigenvalue weighted by atomic mass is 10.0. The first-order valence-corrected chi connectivity index (χ1v) is 5.10. The Morgan fingerprint density at radius 2 is 2.53 bits per heavy atom. The quantitative estimate of drug-likeness (QED) is 0.607. The van der Waals surface area contributed by atoms with Gasteiger partial charge >= 0.3 is 0 Å². The van der Waals surface area contributed by atoms with E-state index in [1.807, 2.05) is 6.92 Å². The minimum atomic E-state index is -0.0991. The van der Waals surface area contributed by atoms with Crippen LogP contribution < -0.4 is 11.1 Å². The molecule has 0 fully saturated rings. The number of H-pyrrole nitrogens is 1. The van der Waals surface area contributed by atoms with E-state index in [1.165, 1.54) is 6.33 Å². The van der Waals surface area contributed by atoms with Gasteiger partial charge in [-0.3, -0.25) is 9.89 Å². The molecule has 4 N–H and O–H groups in total. The number of nitrogens with zero attached hydrogens (tertiary/aromatic N) is 2. The van der Waals surface area contributed by atoms with Crippen molar-refractivity contribution in [2.45, 2.75) is 26.3 Å². The van der Waals surface area contributed by atoms with E-state index in [4.69, 9.17) is 5.73 Å². The van der Waals surface area contributed by atoms with E-state index < -0.39 is 0 Å². The van der Waals surface area contributed by atoms with Crippen LogP contribution in [0.25, 0.3) is 0 Å². The number of aromatic amines is 1. The lowest BCUT2D eigenvalue weighted by molar-refractivity contribution is -0.125. The number of carbonyl (C=O) groups excluding carboxylic acids is 1. The molecule has 0 aliphatic heterocycles. The molecule has 0 aliphatic carbocycles. The highest BCUT2D eigenvalue weighted by Crippen LogP contribution is 2.04. The van der Waals surface area contributed by atoms with Gasteiger partial charge in [0.2, 0.25) is 5.91 Å². The second-order valence-electron chi connectivity index (χ2n) is 3.37. The molecule has 1 rings (SSSR count). The summed E-state index contributed by atoms with van der Waals surface area (Å²) in [4.78, 5) is 15.5. The third kappa shape index (κ3) is 3.67. The monoisotopic (exact) mass is 211 g/mol. The predicted molar refractivity (Wildman–Crippen MR) is 55.7 cm³/mol. The van der Waals surface area contributed by atoms with Gasteiger partial charge in [-0.2, -0.15) is 5.10 Å². The van der Waals surface area contributed by atoms with Crippen LogP contribution in [0.5, 0.6) is 0 Å². The number of carbonyl (C=O) groups is 1. The highest BCUT2D eigenvalue weighted by molar-refractivity contribution is 5.78. The summed E-state index contributed by atoms with van der Waals surface area (Å²) in [7, 11) is 0. The Morgan fingerprint density at radius 1 is 1.73 bits per heavy atom. The third-order valence-electron chi connectivity index (χ3n) is 2.19. The Kier molecular flexibility index (Phi) is 4.76. The van der Waals surface area contributed by atoms with Crippen LogP contribution in [0.1, 0.15) is 25.6 Å². The van der Waals surface area contributed by atoms with E-state index in [2.05, 4.69) is 20.5 Å². The highest BCUT2D eigenvalue weighted by atomic mass is 16.1. The van der Waals surface area contributed by atoms with E-state index in [0.717, 1.165) is 12.8 Å². The lowest BCUT2D eigenvalue weighted by Gasteiger charge is -2.12. The molecule has 1 amide bonds. The Labute approximate surface area is 88.7 Å². The normalized spacial score (nSPS) is 12.4. The fourth-order valence-corrected chi connectivity index (χ4v) is 1.34. The van der Waals surface area contributed by atoms with Crippen LogP contribution in [0.4, 0.5) is 0 Å². The zero-order valence-electron chi connectivity index (χ0n) is 8.86. The van der Waals surface area contributed by atoms with Gasteiger partial charge in [-0.15, -0.1) is 0 Å². The fraction of sp³-hybridized carbons (Fsp3) is 0.667. The SMILES string of the molecule is CCCC(CN)C(=O)NCc1ncn[nH]1. The molecule has 1 aromatic rings. The molecule has 0 saturated heterocycles. The van der Waals surface area contributed by atoms with Crippen molar-refractivity contribution in [3.8, 4) is 0 Å². The van der Waals surface area contributed by atoms with Gasteiger partial charge < -0.3 is 11.1 Å². The van der Waals surface area contributed by atoms with Crippen molar-refractivity contribution in [3.05, 3.63) is 12.2 Å². The first-order chi connectivity index (χ1) is 7.27. The van der Waals surface area contributed by atoms with Crippen LogP contribution in [-0.2, 0) is 11.3 Å². The maximum Gasteiger partial charge on any atom is 0.224 e. The van der Waals surface area contributed by atoms with Crippen LogP contribution in [0, 0.1) is 5.92 Å². The molecule has 0 aromatic carbocycles. The average Bonchev–Trinajstić information content (AvgIpc) is 2.75. The smallest absolute Gasteiger partial charge is 0.224 e. The molecule has 0 aliphatic rings. The number of nitrogens with two attached hydrogens (primary N) is 1. The van der Waals surface area contributed by atoms with Crippen molar-refractivity contribution in [1.82, 2.24) is 20.5 Å². The first-order valence-electron chi connectivity index (χ1n) is 5.10. The van der Waals surface area contributed by atoms with Crippen LogP contribution in [0.15, 0.2) is 6.33 Å². The second-order valence-corrected chi connectivity index (χ2v) is 3.37. The summed E-state index contributed by atoms with van der Waals surface area (Å²) in [5, 5.41) is 9.13. The van der Waals surface area contributed by atoms with E-state index in [-0.39, 0.29) is 11.8 Å². The zero-order valence-corrected chi connectivity index (χ0v) is 8.86. The summed E-state index contributed by atoms with van der Waals surface area (Å²) in [6.45, 7) is 2.79. The van der Waals surface area contributed by atoms with E-state index in [1.54, 1.807) is 0 Å². The molecule has 1 heterocycles. The highest BCUT2D eigenvalue weighted by Gasteiger charge is 2.15. The predicted octanol–water partition coefficient (Wildman–Crippen LogP) is -0.204. The maximum atomic E-state index is 11.6. The minimum Gasteiger partial charge on any atom is -0.349 e. The topological polar surface area (TPSA) is 96.7 Å². The van der Waals surface area contributed by atoms with Gasteiger partial charge in [-0.05, 0) is 6.42 Å². The molecule has 6 nitrogen and oxygen atoms in total. The second kappa shape index (κ2) is 6.13. The van der Waals surface area contributed by atoms with Crippen LogP contribution in [0.2, 0.25) is 0 Å². The molecular formula is C9H17N5O. The summed E-state index contributed by atoms with van der Waals surface area (Å²) in [5.41, 5.74) is 5.51. The van der Waals surface area contributed by atoms with Crippen LogP contribution in [-0.4, -0.2) is 27.6 Å². The van der Waals surface area contributed by atoms with Crippen molar-refractivity contribution in [2.24, 2.45) is 11.7 Å². The van der Waals surface area contributed by atoms with Crippen molar-refractivity contribution in [1.29, 1.82) is 0 Å². The summed E-state index contributed by atoms with van der Waals surface area (Å²) in [5.74, 6) is 0.532. The molecule has 0 spiro atoms. The van der Waals surface area contributed by atoms with Gasteiger partial charge in [-0.25, -0.2) is 4.98 Å². The van der Waals surface area contributed by atoms with Gasteiger partial charge in [0.1, 0.15) is 12.2 Å². The molecule has 0 bridgehead atoms. The van der Waals surface area contributed by atoms with E-state index in [9.17, 15) is 4.79 Å². The third-order valence-corrected chi connectivity index (χ3v) is 2.19. The molecular weight excluding hydrogens is 194 g/mol. The van der Waals surface area contributed by atoms with Gasteiger partial charge in [0.05, 0.1) is 12.5 Å². The molecule has 1 unspecified atom stereocenters. The van der Waals surface area contributed by atoms with Gasteiger partial charge in [0.25, 0.3) is 0 Å². The van der Waals surface area contributed by atoms with Gasteiger partial charge in [0.15, 0.2) is 0 Å². The average molecular weight is 211 g/mol. The first kappa shape index (κ1) is 11.6. The summed E-state index contributed by atoms with van der Waals surface area (Å²) < 4.78 is 0. The molecule has 1 aromatic heterocycles. The summed E-state index contributed by atoms with van der Waals surface area (Å²) >= 11 is 0. The molecule has 0 radical (unpaired) electrons. The van der Waals surface area contributed by atoms with E-state index in [0.29, 0.717) is 18.9 Å². The van der Waals surface area contributed by atoms with E-state index >= 15 is 0 Å². The largest absolute Gasteiger partial charge is 0.349 e. The van der Waals surface area contributed by atoms with Gasteiger partial charge in [0, 0.05) is 6.54 Å².